The summed E-state index contributed by atoms with van der Waals surface area (Å²) in [6.07, 6.45) is 0. The predicted octanol–water partition coefficient (Wildman–Crippen LogP) is 3.23. The Morgan fingerprint density at radius 3 is 2.52 bits per heavy atom. The van der Waals surface area contributed by atoms with Crippen molar-refractivity contribution in [2.24, 2.45) is 5.73 Å². The lowest BCUT2D eigenvalue weighted by molar-refractivity contribution is 0.0997. The van der Waals surface area contributed by atoms with Gasteiger partial charge in [0.05, 0.1) is 0 Å². The van der Waals surface area contributed by atoms with Crippen molar-refractivity contribution in [1.82, 2.24) is 9.88 Å². The van der Waals surface area contributed by atoms with Gasteiger partial charge in [0.1, 0.15) is 5.00 Å². The lowest BCUT2D eigenvalue weighted by Crippen LogP contribution is -2.28. The Hall–Kier alpha value is -3.13. The van der Waals surface area contributed by atoms with Crippen LogP contribution < -0.4 is 16.4 Å². The van der Waals surface area contributed by atoms with Crippen molar-refractivity contribution >= 4 is 49.9 Å². The Labute approximate surface area is 148 Å². The van der Waals surface area contributed by atoms with Crippen LogP contribution in [0.15, 0.2) is 42.5 Å². The number of fused-ring (bicyclic) bond motifs is 1. The molecule has 0 saturated heterocycles. The number of amides is 3. The number of carbonyl (C=O) groups excluding carboxylic acids is 2. The van der Waals surface area contributed by atoms with Gasteiger partial charge < -0.3 is 16.0 Å². The number of benzene rings is 2. The molecule has 25 heavy (non-hydrogen) atoms. The van der Waals surface area contributed by atoms with E-state index >= 15 is 0 Å². The second-order valence-electron chi connectivity index (χ2n) is 5.57. The van der Waals surface area contributed by atoms with E-state index in [0.717, 1.165) is 27.8 Å². The molecule has 0 spiro atoms. The number of rotatable bonds is 4. The summed E-state index contributed by atoms with van der Waals surface area (Å²) in [5.41, 5.74) is 6.22. The highest BCUT2D eigenvalue weighted by Crippen LogP contribution is 2.31. The van der Waals surface area contributed by atoms with E-state index in [1.54, 1.807) is 14.1 Å². The molecule has 0 atom stereocenters. The topological polar surface area (TPSA) is 100 Å². The Morgan fingerprint density at radius 2 is 1.84 bits per heavy atom. The van der Waals surface area contributed by atoms with E-state index < -0.39 is 5.91 Å². The first-order valence-electron chi connectivity index (χ1n) is 7.49. The van der Waals surface area contributed by atoms with E-state index in [0.29, 0.717) is 10.1 Å². The zero-order valence-electron chi connectivity index (χ0n) is 13.7. The van der Waals surface area contributed by atoms with Gasteiger partial charge in [0, 0.05) is 19.8 Å². The number of thiazole rings is 1. The number of aromatic nitrogens is 1. The molecule has 0 bridgehead atoms. The molecule has 0 aliphatic rings. The van der Waals surface area contributed by atoms with Crippen LogP contribution in [0.25, 0.3) is 10.8 Å². The number of nitrogens with one attached hydrogen (secondary N) is 2. The third-order valence-corrected chi connectivity index (χ3v) is 4.37. The minimum Gasteiger partial charge on any atom is -0.364 e. The summed E-state index contributed by atoms with van der Waals surface area (Å²) < 4.78 is 0. The third kappa shape index (κ3) is 3.69. The number of primary amides is 1. The Balaban J connectivity index is 1.88. The minimum atomic E-state index is -0.697. The summed E-state index contributed by atoms with van der Waals surface area (Å²) >= 11 is 1.15. The smallest absolute Gasteiger partial charge is 0.321 e. The molecule has 7 nitrogen and oxygen atoms in total. The van der Waals surface area contributed by atoms with E-state index in [9.17, 15) is 9.59 Å². The van der Waals surface area contributed by atoms with Crippen LogP contribution in [0.2, 0.25) is 0 Å². The van der Waals surface area contributed by atoms with E-state index in [4.69, 9.17) is 5.73 Å². The van der Waals surface area contributed by atoms with Crippen molar-refractivity contribution in [3.8, 4) is 0 Å². The largest absolute Gasteiger partial charge is 0.364 e. The number of carbonyl (C=O) groups is 2. The van der Waals surface area contributed by atoms with Gasteiger partial charge in [-0.15, -0.1) is 0 Å². The monoisotopic (exact) mass is 355 g/mol. The highest BCUT2D eigenvalue weighted by Gasteiger charge is 2.18. The first-order valence-corrected chi connectivity index (χ1v) is 8.30. The van der Waals surface area contributed by atoms with Crippen molar-refractivity contribution in [2.75, 3.05) is 24.7 Å². The van der Waals surface area contributed by atoms with Gasteiger partial charge in [-0.1, -0.05) is 41.7 Å². The number of urea groups is 1. The van der Waals surface area contributed by atoms with Crippen LogP contribution in [0, 0.1) is 0 Å². The van der Waals surface area contributed by atoms with Crippen LogP contribution in [0.4, 0.5) is 20.6 Å². The molecule has 0 saturated carbocycles. The van der Waals surface area contributed by atoms with Crippen LogP contribution >= 0.6 is 11.3 Å². The fraction of sp³-hybridized carbons (Fsp3) is 0.118. The summed E-state index contributed by atoms with van der Waals surface area (Å²) in [5.74, 6) is -0.697. The summed E-state index contributed by atoms with van der Waals surface area (Å²) in [7, 11) is 3.21. The third-order valence-electron chi connectivity index (χ3n) is 3.49. The van der Waals surface area contributed by atoms with Crippen LogP contribution in [0.5, 0.6) is 0 Å². The van der Waals surface area contributed by atoms with Gasteiger partial charge in [-0.2, -0.15) is 0 Å². The average Bonchev–Trinajstić information content (AvgIpc) is 2.97. The molecule has 0 unspecified atom stereocenters. The molecule has 1 heterocycles. The van der Waals surface area contributed by atoms with Crippen LogP contribution in [0.1, 0.15) is 10.5 Å². The zero-order valence-corrected chi connectivity index (χ0v) is 14.6. The number of hydrogen-bond donors (Lipinski definition) is 3. The van der Waals surface area contributed by atoms with Gasteiger partial charge in [0.2, 0.25) is 0 Å². The fourth-order valence-corrected chi connectivity index (χ4v) is 3.11. The summed E-state index contributed by atoms with van der Waals surface area (Å²) in [5, 5.41) is 8.78. The lowest BCUT2D eigenvalue weighted by atomic mass is 10.1. The van der Waals surface area contributed by atoms with Gasteiger partial charge in [0.25, 0.3) is 5.91 Å². The SMILES string of the molecule is CN(C)C(=O)Nc1sc(Nc2ccc3ccccc3c2)nc1C(N)=O. The quantitative estimate of drug-likeness (QED) is 0.669. The average molecular weight is 355 g/mol. The molecule has 4 N–H and O–H groups in total. The van der Waals surface area contributed by atoms with Crippen molar-refractivity contribution in [3.05, 3.63) is 48.2 Å². The summed E-state index contributed by atoms with van der Waals surface area (Å²) in [4.78, 5) is 29.0. The van der Waals surface area contributed by atoms with E-state index in [1.165, 1.54) is 4.90 Å². The van der Waals surface area contributed by atoms with Crippen LogP contribution in [0.3, 0.4) is 0 Å². The molecule has 0 radical (unpaired) electrons. The number of nitrogens with zero attached hydrogens (tertiary/aromatic N) is 2. The maximum atomic E-state index is 11.8. The molecule has 3 rings (SSSR count). The van der Waals surface area contributed by atoms with E-state index in [-0.39, 0.29) is 11.7 Å². The lowest BCUT2D eigenvalue weighted by Gasteiger charge is -2.10. The molecule has 128 valence electrons. The van der Waals surface area contributed by atoms with Gasteiger partial charge in [-0.3, -0.25) is 10.1 Å². The molecule has 2 aromatic carbocycles. The highest BCUT2D eigenvalue weighted by molar-refractivity contribution is 7.20. The Kier molecular flexibility index (Phi) is 4.53. The van der Waals surface area contributed by atoms with Crippen molar-refractivity contribution in [1.29, 1.82) is 0 Å². The molecule has 0 aliphatic heterocycles. The standard InChI is InChI=1S/C17H17N5O2S/c1-22(2)17(24)21-15-13(14(18)23)20-16(25-15)19-12-8-7-10-5-3-4-6-11(10)9-12/h3-9H,1-2H3,(H2,18,23)(H,19,20)(H,21,24). The fourth-order valence-electron chi connectivity index (χ4n) is 2.22. The minimum absolute atomic E-state index is 0.0310. The van der Waals surface area contributed by atoms with Crippen molar-refractivity contribution in [2.45, 2.75) is 0 Å². The molecule has 0 aliphatic carbocycles. The summed E-state index contributed by atoms with van der Waals surface area (Å²) in [6, 6.07) is 13.5. The van der Waals surface area contributed by atoms with Gasteiger partial charge in [0.15, 0.2) is 10.8 Å². The normalized spacial score (nSPS) is 10.5. The number of hydrogen-bond acceptors (Lipinski definition) is 5. The summed E-state index contributed by atoms with van der Waals surface area (Å²) in [6.45, 7) is 0. The molecule has 3 amide bonds. The van der Waals surface area contributed by atoms with Crippen LogP contribution in [-0.4, -0.2) is 35.9 Å². The highest BCUT2D eigenvalue weighted by atomic mass is 32.1. The van der Waals surface area contributed by atoms with E-state index in [2.05, 4.69) is 15.6 Å². The second-order valence-corrected chi connectivity index (χ2v) is 6.57. The second kappa shape index (κ2) is 6.78. The number of nitrogens with two attached hydrogens (primary N) is 1. The first kappa shape index (κ1) is 16.7. The molecule has 1 aromatic heterocycles. The maximum Gasteiger partial charge on any atom is 0.321 e. The molecule has 8 heteroatoms. The van der Waals surface area contributed by atoms with Crippen molar-refractivity contribution in [3.63, 3.8) is 0 Å². The van der Waals surface area contributed by atoms with E-state index in [1.807, 2.05) is 42.5 Å². The molecule has 3 aromatic rings. The molecule has 0 fully saturated rings. The first-order chi connectivity index (χ1) is 11.9. The Bertz CT molecular complexity index is 951. The molecular weight excluding hydrogens is 338 g/mol. The number of anilines is 3. The predicted molar refractivity (Wildman–Crippen MR) is 101 cm³/mol. The van der Waals surface area contributed by atoms with Gasteiger partial charge >= 0.3 is 6.03 Å². The maximum absolute atomic E-state index is 11.8. The van der Waals surface area contributed by atoms with Gasteiger partial charge in [-0.05, 0) is 22.9 Å². The molecular formula is C17H17N5O2S. The van der Waals surface area contributed by atoms with Crippen molar-refractivity contribution < 1.29 is 9.59 Å². The Morgan fingerprint density at radius 1 is 1.12 bits per heavy atom. The zero-order chi connectivity index (χ0) is 18.0. The van der Waals surface area contributed by atoms with Crippen LogP contribution in [-0.2, 0) is 0 Å². The van der Waals surface area contributed by atoms with Gasteiger partial charge in [-0.25, -0.2) is 9.78 Å².